The van der Waals surface area contributed by atoms with Crippen LogP contribution in [0.5, 0.6) is 5.75 Å². The number of rotatable bonds is 7. The van der Waals surface area contributed by atoms with Crippen LogP contribution >= 0.6 is 22.9 Å². The highest BCUT2D eigenvalue weighted by molar-refractivity contribution is 7.22. The minimum atomic E-state index is -0.306. The summed E-state index contributed by atoms with van der Waals surface area (Å²) in [7, 11) is 2.08. The number of ether oxygens (including phenoxy) is 1. The summed E-state index contributed by atoms with van der Waals surface area (Å²) in [5.74, 6) is 1.01. The first-order chi connectivity index (χ1) is 20.9. The number of aromatic nitrogens is 4. The van der Waals surface area contributed by atoms with E-state index in [9.17, 15) is 9.18 Å². The molecule has 0 bridgehead atoms. The fraction of sp³-hybridized carbons (Fsp3) is 0.290. The quantitative estimate of drug-likeness (QED) is 0.256. The molecule has 0 spiro atoms. The van der Waals surface area contributed by atoms with E-state index < -0.39 is 0 Å². The van der Waals surface area contributed by atoms with Gasteiger partial charge in [0.1, 0.15) is 41.7 Å². The molecule has 1 saturated heterocycles. The van der Waals surface area contributed by atoms with Gasteiger partial charge in [-0.25, -0.2) is 14.4 Å². The Morgan fingerprint density at radius 3 is 2.79 bits per heavy atom. The predicted octanol–water partition coefficient (Wildman–Crippen LogP) is 5.54. The number of aryl methyl sites for hydroxylation is 2. The third kappa shape index (κ3) is 5.67. The van der Waals surface area contributed by atoms with Gasteiger partial charge in [0.2, 0.25) is 5.91 Å². The van der Waals surface area contributed by atoms with Crippen LogP contribution in [0.4, 0.5) is 15.9 Å². The zero-order valence-corrected chi connectivity index (χ0v) is 25.1. The molecule has 12 heteroatoms. The molecule has 0 saturated carbocycles. The fourth-order valence-corrected chi connectivity index (χ4v) is 7.07. The van der Waals surface area contributed by atoms with Crippen molar-refractivity contribution in [3.8, 4) is 16.2 Å². The molecule has 220 valence electrons. The van der Waals surface area contributed by atoms with Gasteiger partial charge in [0.05, 0.1) is 16.1 Å². The molecule has 1 N–H and O–H groups in total. The summed E-state index contributed by atoms with van der Waals surface area (Å²) in [5.41, 5.74) is 4.73. The number of anilines is 2. The van der Waals surface area contributed by atoms with Crippen LogP contribution in [-0.2, 0) is 30.8 Å². The van der Waals surface area contributed by atoms with Crippen molar-refractivity contribution in [3.05, 3.63) is 82.6 Å². The molecule has 4 heterocycles. The van der Waals surface area contributed by atoms with Crippen molar-refractivity contribution in [1.29, 1.82) is 0 Å². The lowest BCUT2D eigenvalue weighted by Crippen LogP contribution is -2.48. The third-order valence-electron chi connectivity index (χ3n) is 7.91. The molecule has 1 aliphatic heterocycles. The number of hydrogen-bond donors (Lipinski definition) is 1. The molecular weight excluding hydrogens is 589 g/mol. The van der Waals surface area contributed by atoms with Gasteiger partial charge in [0, 0.05) is 48.5 Å². The smallest absolute Gasteiger partial charge is 0.244 e. The molecule has 0 radical (unpaired) electrons. The first-order valence-electron chi connectivity index (χ1n) is 14.1. The zero-order valence-electron chi connectivity index (χ0n) is 23.5. The lowest BCUT2D eigenvalue weighted by Gasteiger charge is -2.32. The van der Waals surface area contributed by atoms with E-state index in [1.54, 1.807) is 46.6 Å². The van der Waals surface area contributed by atoms with Crippen molar-refractivity contribution in [1.82, 2.24) is 29.5 Å². The van der Waals surface area contributed by atoms with Gasteiger partial charge < -0.3 is 19.9 Å². The number of piperazine rings is 1. The molecule has 3 aromatic heterocycles. The number of nitrogens with zero attached hydrogens (tertiary/aromatic N) is 6. The molecule has 1 amide bonds. The number of amides is 1. The normalized spacial score (nSPS) is 14.9. The summed E-state index contributed by atoms with van der Waals surface area (Å²) in [4.78, 5) is 28.3. The number of nitrogens with one attached hydrogen (secondary N) is 1. The van der Waals surface area contributed by atoms with E-state index in [1.807, 2.05) is 17.2 Å². The number of likely N-dealkylation sites (N-methyl/N-ethyl adjacent to an activating group) is 1. The lowest BCUT2D eigenvalue weighted by atomic mass is 9.95. The number of hydrogen-bond acceptors (Lipinski definition) is 8. The molecule has 7 rings (SSSR count). The van der Waals surface area contributed by atoms with Gasteiger partial charge in [-0.05, 0) is 61.3 Å². The van der Waals surface area contributed by atoms with Gasteiger partial charge in [-0.2, -0.15) is 5.10 Å². The Labute approximate surface area is 256 Å². The second-order valence-corrected chi connectivity index (χ2v) is 12.3. The Hall–Kier alpha value is -4.06. The van der Waals surface area contributed by atoms with Gasteiger partial charge in [-0.3, -0.25) is 9.48 Å². The zero-order chi connectivity index (χ0) is 29.5. The van der Waals surface area contributed by atoms with Crippen molar-refractivity contribution in [3.63, 3.8) is 0 Å². The number of carbonyl (C=O) groups is 1. The van der Waals surface area contributed by atoms with E-state index in [4.69, 9.17) is 21.4 Å². The number of halogens is 2. The van der Waals surface area contributed by atoms with Crippen molar-refractivity contribution >= 4 is 50.6 Å². The van der Waals surface area contributed by atoms with Crippen molar-refractivity contribution < 1.29 is 13.9 Å². The second kappa shape index (κ2) is 11.6. The highest BCUT2D eigenvalue weighted by atomic mass is 35.5. The molecular formula is C31H29ClFN7O2S. The lowest BCUT2D eigenvalue weighted by molar-refractivity contribution is -0.133. The Morgan fingerprint density at radius 2 is 1.98 bits per heavy atom. The number of thiophene rings is 1. The highest BCUT2D eigenvalue weighted by Crippen LogP contribution is 2.45. The molecule has 43 heavy (non-hydrogen) atoms. The van der Waals surface area contributed by atoms with Crippen LogP contribution in [0.2, 0.25) is 5.02 Å². The van der Waals surface area contributed by atoms with Crippen molar-refractivity contribution in [2.45, 2.75) is 26.0 Å². The maximum Gasteiger partial charge on any atom is 0.244 e. The first kappa shape index (κ1) is 27.8. The molecule has 1 fully saturated rings. The van der Waals surface area contributed by atoms with E-state index in [0.29, 0.717) is 16.6 Å². The summed E-state index contributed by atoms with van der Waals surface area (Å²) in [6, 6.07) is 11.7. The van der Waals surface area contributed by atoms with Gasteiger partial charge in [0.15, 0.2) is 0 Å². The largest absolute Gasteiger partial charge is 0.487 e. The van der Waals surface area contributed by atoms with E-state index >= 15 is 0 Å². The van der Waals surface area contributed by atoms with Crippen LogP contribution in [0.15, 0.2) is 55.0 Å². The monoisotopic (exact) mass is 617 g/mol. The predicted molar refractivity (Wildman–Crippen MR) is 166 cm³/mol. The Morgan fingerprint density at radius 1 is 1.12 bits per heavy atom. The standard InChI is InChI=1S/C31H29ClFN7O2S/c1-38-9-11-39(12-10-38)27(41)16-40-15-23-25(37-40)7-6-22-28-30(34-18-35-31(28)43-29(22)23)36-21-5-8-26(24(32)14-21)42-17-19-3-2-4-20(33)13-19/h2-5,8,13-15,18H,6-7,9-12,16-17H2,1H3,(H,34,35,36). The molecule has 0 unspecified atom stereocenters. The summed E-state index contributed by atoms with van der Waals surface area (Å²) >= 11 is 8.17. The Kier molecular flexibility index (Phi) is 7.46. The summed E-state index contributed by atoms with van der Waals surface area (Å²) in [6.45, 7) is 3.74. The second-order valence-electron chi connectivity index (χ2n) is 10.9. The summed E-state index contributed by atoms with van der Waals surface area (Å²) < 4.78 is 21.1. The molecule has 2 aliphatic rings. The van der Waals surface area contributed by atoms with Crippen LogP contribution in [0, 0.1) is 5.82 Å². The SMILES string of the molecule is CN1CCN(C(=O)Cn2cc3c(n2)CCc2c-3sc3ncnc(Nc4ccc(OCc5cccc(F)c5)c(Cl)c4)c23)CC1. The third-order valence-corrected chi connectivity index (χ3v) is 9.38. The van der Waals surface area contributed by atoms with Crippen LogP contribution in [0.1, 0.15) is 16.8 Å². The van der Waals surface area contributed by atoms with Gasteiger partial charge in [-0.15, -0.1) is 11.3 Å². The van der Waals surface area contributed by atoms with Crippen LogP contribution in [0.3, 0.4) is 0 Å². The van der Waals surface area contributed by atoms with E-state index in [1.165, 1.54) is 17.7 Å². The van der Waals surface area contributed by atoms with Crippen LogP contribution < -0.4 is 10.1 Å². The molecule has 2 aromatic carbocycles. The van der Waals surface area contributed by atoms with E-state index in [2.05, 4.69) is 27.2 Å². The summed E-state index contributed by atoms with van der Waals surface area (Å²) in [6.07, 6.45) is 5.14. The average molecular weight is 618 g/mol. The van der Waals surface area contributed by atoms with Gasteiger partial charge >= 0.3 is 0 Å². The van der Waals surface area contributed by atoms with Crippen LogP contribution in [0.25, 0.3) is 20.7 Å². The maximum atomic E-state index is 13.5. The first-order valence-corrected chi connectivity index (χ1v) is 15.3. The molecule has 9 nitrogen and oxygen atoms in total. The highest BCUT2D eigenvalue weighted by Gasteiger charge is 2.27. The molecule has 1 aliphatic carbocycles. The fourth-order valence-electron chi connectivity index (χ4n) is 5.62. The van der Waals surface area contributed by atoms with E-state index in [-0.39, 0.29) is 24.9 Å². The van der Waals surface area contributed by atoms with Crippen molar-refractivity contribution in [2.24, 2.45) is 0 Å². The number of fused-ring (bicyclic) bond motifs is 5. The Balaban J connectivity index is 1.10. The minimum absolute atomic E-state index is 0.103. The minimum Gasteiger partial charge on any atom is -0.487 e. The Bertz CT molecular complexity index is 1830. The molecule has 5 aromatic rings. The maximum absolute atomic E-state index is 13.5. The topological polar surface area (TPSA) is 88.4 Å². The van der Waals surface area contributed by atoms with Gasteiger partial charge in [-0.1, -0.05) is 23.7 Å². The number of benzene rings is 2. The van der Waals surface area contributed by atoms with E-state index in [0.717, 1.165) is 76.6 Å². The number of carbonyl (C=O) groups excluding carboxylic acids is 1. The summed E-state index contributed by atoms with van der Waals surface area (Å²) in [5, 5.41) is 9.62. The van der Waals surface area contributed by atoms with Crippen LogP contribution in [-0.4, -0.2) is 68.7 Å². The average Bonchev–Trinajstić information content (AvgIpc) is 3.58. The van der Waals surface area contributed by atoms with Crippen molar-refractivity contribution in [2.75, 3.05) is 38.5 Å². The van der Waals surface area contributed by atoms with Gasteiger partial charge in [0.25, 0.3) is 0 Å². The molecule has 0 atom stereocenters.